The van der Waals surface area contributed by atoms with Gasteiger partial charge in [-0.25, -0.2) is 9.97 Å². The number of nitrogen functional groups attached to an aromatic ring is 1. The van der Waals surface area contributed by atoms with E-state index in [1.165, 1.54) is 0 Å². The molecule has 4 N–H and O–H groups in total. The van der Waals surface area contributed by atoms with Gasteiger partial charge in [0, 0.05) is 0 Å². The summed E-state index contributed by atoms with van der Waals surface area (Å²) < 4.78 is 0. The molecule has 1 heterocycles. The van der Waals surface area contributed by atoms with Crippen LogP contribution in [0.4, 0.5) is 5.95 Å². The topological polar surface area (TPSA) is 77.8 Å². The maximum atomic E-state index is 5.65. The molecule has 0 spiro atoms. The lowest BCUT2D eigenvalue weighted by Crippen LogP contribution is -2.13. The van der Waals surface area contributed by atoms with E-state index >= 15 is 0 Å². The third-order valence-corrected chi connectivity index (χ3v) is 1.84. The van der Waals surface area contributed by atoms with Crippen molar-refractivity contribution in [3.63, 3.8) is 0 Å². The lowest BCUT2D eigenvalue weighted by Gasteiger charge is -2.02. The van der Waals surface area contributed by atoms with E-state index in [-0.39, 0.29) is 26.8 Å². The van der Waals surface area contributed by atoms with E-state index in [2.05, 4.69) is 22.2 Å². The molecule has 0 saturated carbocycles. The zero-order valence-corrected chi connectivity index (χ0v) is 8.04. The van der Waals surface area contributed by atoms with E-state index in [1.54, 1.807) is 0 Å². The molecule has 0 bridgehead atoms. The predicted molar refractivity (Wildman–Crippen MR) is 52.4 cm³/mol. The summed E-state index contributed by atoms with van der Waals surface area (Å²) in [5.74, 6) is -0.00926. The molecule has 0 fully saturated rings. The SMILES string of the molecule is NC(=S)c1c(Cl)nc(N)nc1Cl. The first kappa shape index (κ1) is 9.44. The number of anilines is 1. The van der Waals surface area contributed by atoms with E-state index < -0.39 is 0 Å². The molecule has 1 aromatic heterocycles. The maximum absolute atomic E-state index is 5.65. The van der Waals surface area contributed by atoms with Gasteiger partial charge in [0.25, 0.3) is 0 Å². The van der Waals surface area contributed by atoms with Gasteiger partial charge in [-0.05, 0) is 0 Å². The zero-order valence-electron chi connectivity index (χ0n) is 5.71. The summed E-state index contributed by atoms with van der Waals surface area (Å²) in [5.41, 5.74) is 10.8. The monoisotopic (exact) mass is 222 g/mol. The minimum atomic E-state index is -0.00926. The average Bonchev–Trinajstić information content (AvgIpc) is 1.82. The maximum Gasteiger partial charge on any atom is 0.222 e. The van der Waals surface area contributed by atoms with Crippen molar-refractivity contribution in [2.75, 3.05) is 5.73 Å². The molecule has 12 heavy (non-hydrogen) atoms. The van der Waals surface area contributed by atoms with Crippen molar-refractivity contribution >= 4 is 46.4 Å². The van der Waals surface area contributed by atoms with Gasteiger partial charge in [-0.3, -0.25) is 0 Å². The highest BCUT2D eigenvalue weighted by Gasteiger charge is 2.12. The van der Waals surface area contributed by atoms with E-state index in [0.717, 1.165) is 0 Å². The van der Waals surface area contributed by atoms with E-state index in [9.17, 15) is 0 Å². The molecule has 0 unspecified atom stereocenters. The van der Waals surface area contributed by atoms with Crippen molar-refractivity contribution in [3.05, 3.63) is 15.9 Å². The first-order chi connectivity index (χ1) is 5.52. The second-order valence-corrected chi connectivity index (χ2v) is 3.06. The molecule has 7 heteroatoms. The van der Waals surface area contributed by atoms with Gasteiger partial charge in [0.1, 0.15) is 15.3 Å². The van der Waals surface area contributed by atoms with Gasteiger partial charge in [0.2, 0.25) is 5.95 Å². The zero-order chi connectivity index (χ0) is 9.30. The Labute approximate surface area is 83.9 Å². The van der Waals surface area contributed by atoms with Gasteiger partial charge >= 0.3 is 0 Å². The summed E-state index contributed by atoms with van der Waals surface area (Å²) in [6.07, 6.45) is 0. The predicted octanol–water partition coefficient (Wildman–Crippen LogP) is 1.000. The van der Waals surface area contributed by atoms with Gasteiger partial charge in [0.05, 0.1) is 5.56 Å². The summed E-state index contributed by atoms with van der Waals surface area (Å²) in [6, 6.07) is 0. The van der Waals surface area contributed by atoms with Crippen molar-refractivity contribution in [1.29, 1.82) is 0 Å². The minimum absolute atomic E-state index is 0.00926. The van der Waals surface area contributed by atoms with Gasteiger partial charge < -0.3 is 11.5 Å². The Bertz CT molecular complexity index is 317. The second-order valence-electron chi connectivity index (χ2n) is 1.90. The Balaban J connectivity index is 3.38. The quantitative estimate of drug-likeness (QED) is 0.548. The Hall–Kier alpha value is -0.650. The molecule has 0 aromatic carbocycles. The van der Waals surface area contributed by atoms with E-state index in [0.29, 0.717) is 0 Å². The lowest BCUT2D eigenvalue weighted by molar-refractivity contribution is 1.18. The first-order valence-electron chi connectivity index (χ1n) is 2.80. The van der Waals surface area contributed by atoms with Crippen LogP contribution in [0.5, 0.6) is 0 Å². The number of nitrogens with two attached hydrogens (primary N) is 2. The number of thiocarbonyl (C=S) groups is 1. The van der Waals surface area contributed by atoms with Crippen LogP contribution in [0.1, 0.15) is 5.56 Å². The van der Waals surface area contributed by atoms with Crippen LogP contribution in [-0.4, -0.2) is 15.0 Å². The van der Waals surface area contributed by atoms with Crippen LogP contribution in [-0.2, 0) is 0 Å². The third-order valence-electron chi connectivity index (χ3n) is 1.08. The highest BCUT2D eigenvalue weighted by atomic mass is 35.5. The Morgan fingerprint density at radius 2 is 1.67 bits per heavy atom. The summed E-state index contributed by atoms with van der Waals surface area (Å²) in [4.78, 5) is 7.32. The fourth-order valence-electron chi connectivity index (χ4n) is 0.626. The largest absolute Gasteiger partial charge is 0.389 e. The molecule has 0 aliphatic carbocycles. The fraction of sp³-hybridized carbons (Fsp3) is 0. The summed E-state index contributed by atoms with van der Waals surface area (Å²) in [6.45, 7) is 0. The Morgan fingerprint density at radius 3 is 2.00 bits per heavy atom. The lowest BCUT2D eigenvalue weighted by atomic mass is 10.3. The number of nitrogens with zero attached hydrogens (tertiary/aromatic N) is 2. The van der Waals surface area contributed by atoms with Crippen molar-refractivity contribution in [2.24, 2.45) is 5.73 Å². The normalized spacial score (nSPS) is 9.83. The molecule has 0 aliphatic heterocycles. The van der Waals surface area contributed by atoms with Gasteiger partial charge in [-0.2, -0.15) is 0 Å². The highest BCUT2D eigenvalue weighted by molar-refractivity contribution is 7.80. The highest BCUT2D eigenvalue weighted by Crippen LogP contribution is 2.21. The number of aromatic nitrogens is 2. The van der Waals surface area contributed by atoms with Crippen LogP contribution >= 0.6 is 35.4 Å². The van der Waals surface area contributed by atoms with Gasteiger partial charge in [0.15, 0.2) is 0 Å². The molecule has 1 rings (SSSR count). The van der Waals surface area contributed by atoms with Crippen LogP contribution in [0.15, 0.2) is 0 Å². The first-order valence-corrected chi connectivity index (χ1v) is 3.97. The molecule has 0 atom stereocenters. The van der Waals surface area contributed by atoms with Crippen molar-refractivity contribution in [2.45, 2.75) is 0 Å². The molecule has 4 nitrogen and oxygen atoms in total. The van der Waals surface area contributed by atoms with Crippen LogP contribution in [0.3, 0.4) is 0 Å². The van der Waals surface area contributed by atoms with E-state index in [1.807, 2.05) is 0 Å². The number of hydrogen-bond acceptors (Lipinski definition) is 4. The summed E-state index contributed by atoms with van der Waals surface area (Å²) >= 11 is 16.0. The van der Waals surface area contributed by atoms with Crippen LogP contribution in [0.25, 0.3) is 0 Å². The Morgan fingerprint density at radius 1 is 1.25 bits per heavy atom. The van der Waals surface area contributed by atoms with Crippen LogP contribution in [0.2, 0.25) is 10.3 Å². The molecule has 0 radical (unpaired) electrons. The number of hydrogen-bond donors (Lipinski definition) is 2. The second kappa shape index (κ2) is 3.38. The van der Waals surface area contributed by atoms with E-state index in [4.69, 9.17) is 34.7 Å². The molecule has 0 aliphatic rings. The van der Waals surface area contributed by atoms with Crippen LogP contribution < -0.4 is 11.5 Å². The van der Waals surface area contributed by atoms with Crippen molar-refractivity contribution in [1.82, 2.24) is 9.97 Å². The Kier molecular flexibility index (Phi) is 2.66. The standard InChI is InChI=1S/C5H4Cl2N4S/c6-2-1(4(8)12)3(7)11-5(9)10-2/h(H2,8,12)(H2,9,10,11). The molecule has 64 valence electrons. The average molecular weight is 223 g/mol. The molecule has 1 aromatic rings. The fourth-order valence-corrected chi connectivity index (χ4v) is 1.54. The van der Waals surface area contributed by atoms with Crippen LogP contribution in [0, 0.1) is 0 Å². The third kappa shape index (κ3) is 1.74. The van der Waals surface area contributed by atoms with Gasteiger partial charge in [-0.1, -0.05) is 35.4 Å². The molecular formula is C5H4Cl2N4S. The summed E-state index contributed by atoms with van der Waals surface area (Å²) in [7, 11) is 0. The minimum Gasteiger partial charge on any atom is -0.389 e. The molecular weight excluding hydrogens is 219 g/mol. The molecule has 0 saturated heterocycles. The van der Waals surface area contributed by atoms with Crippen molar-refractivity contribution in [3.8, 4) is 0 Å². The van der Waals surface area contributed by atoms with Gasteiger partial charge in [-0.15, -0.1) is 0 Å². The number of rotatable bonds is 1. The molecule has 0 amide bonds. The van der Waals surface area contributed by atoms with Crippen molar-refractivity contribution < 1.29 is 0 Å². The smallest absolute Gasteiger partial charge is 0.222 e. The number of halogens is 2. The summed E-state index contributed by atoms with van der Waals surface area (Å²) in [5, 5.41) is 0.139.